The molecule has 0 aliphatic carbocycles. The minimum Gasteiger partial charge on any atom is -0.477 e. The van der Waals surface area contributed by atoms with Crippen molar-refractivity contribution in [2.45, 2.75) is 452 Å². The number of carboxylic acids is 1. The van der Waals surface area contributed by atoms with E-state index in [9.17, 15) is 75.7 Å². The van der Waals surface area contributed by atoms with E-state index >= 15 is 0 Å². The van der Waals surface area contributed by atoms with E-state index < -0.39 is 148 Å². The fraction of sp³-hybridized carbons (Fsp3) is 0.915. The maximum Gasteiger partial charge on any atom is 0.364 e. The molecule has 0 saturated carbocycles. The van der Waals surface area contributed by atoms with Gasteiger partial charge in [0.15, 0.2) is 12.6 Å². The predicted molar refractivity (Wildman–Crippen MR) is 408 cm³/mol. The summed E-state index contributed by atoms with van der Waals surface area (Å²) in [6, 6.07) is -2.53. The quantitative estimate of drug-likeness (QED) is 0.0199. The summed E-state index contributed by atoms with van der Waals surface area (Å²) < 4.78 is 34.9. The van der Waals surface area contributed by atoms with E-state index in [1.165, 1.54) is 231 Å². The minimum atomic E-state index is -3.08. The monoisotopic (exact) mass is 1500 g/mol. The molecule has 3 aliphatic rings. The number of ether oxygens (including phenoxy) is 6. The van der Waals surface area contributed by atoms with Crippen molar-refractivity contribution in [3.63, 3.8) is 0 Å². The Labute approximate surface area is 632 Å². The number of amides is 2. The van der Waals surface area contributed by atoms with Gasteiger partial charge in [-0.15, -0.1) is 0 Å². The summed E-state index contributed by atoms with van der Waals surface area (Å²) in [6.45, 7) is 2.24. The maximum atomic E-state index is 13.5. The van der Waals surface area contributed by atoms with E-state index in [0.717, 1.165) is 64.7 Å². The molecule has 0 aromatic carbocycles. The van der Waals surface area contributed by atoms with Gasteiger partial charge >= 0.3 is 5.97 Å². The van der Waals surface area contributed by atoms with E-state index in [1.807, 2.05) is 0 Å². The maximum absolute atomic E-state index is 13.5. The molecule has 616 valence electrons. The lowest BCUT2D eigenvalue weighted by Crippen LogP contribution is -2.70. The Morgan fingerprint density at radius 3 is 1.33 bits per heavy atom. The Kier molecular flexibility index (Phi) is 55.9. The van der Waals surface area contributed by atoms with Crippen LogP contribution in [0.25, 0.3) is 0 Å². The molecule has 105 heavy (non-hydrogen) atoms. The van der Waals surface area contributed by atoms with Crippen molar-refractivity contribution >= 4 is 17.8 Å². The van der Waals surface area contributed by atoms with E-state index in [-0.39, 0.29) is 18.9 Å². The van der Waals surface area contributed by atoms with E-state index in [1.54, 1.807) is 0 Å². The fourth-order valence-corrected chi connectivity index (χ4v) is 14.7. The lowest BCUT2D eigenvalue weighted by Gasteiger charge is -2.50. The third-order valence-electron chi connectivity index (χ3n) is 21.4. The smallest absolute Gasteiger partial charge is 0.364 e. The third kappa shape index (κ3) is 40.8. The molecule has 18 atom stereocenters. The number of hydrogen-bond donors (Lipinski definition) is 14. The molecule has 0 aromatic heterocycles. The molecule has 0 radical (unpaired) electrons. The van der Waals surface area contributed by atoms with Crippen LogP contribution in [0.1, 0.15) is 342 Å². The van der Waals surface area contributed by atoms with Gasteiger partial charge in [-0.3, -0.25) is 9.59 Å². The molecule has 3 fully saturated rings. The van der Waals surface area contributed by atoms with Crippen LogP contribution in [0.15, 0.2) is 24.3 Å². The lowest BCUT2D eigenvalue weighted by atomic mass is 9.88. The fourth-order valence-electron chi connectivity index (χ4n) is 14.7. The van der Waals surface area contributed by atoms with Crippen LogP contribution in [0.2, 0.25) is 0 Å². The van der Waals surface area contributed by atoms with Gasteiger partial charge < -0.3 is 100 Å². The standard InChI is InChI=1S/C82H152N2O21/c1-4-6-8-10-12-14-16-18-20-21-22-23-24-25-26-27-28-29-30-31-32-33-34-35-36-37-38-39-40-41-42-44-46-48-50-52-54-56-69(92)84-63(64(89)55-53-51-49-47-45-43-19-17-15-13-11-9-7-5-2)61-100-79-74(96)73(95)76(68(60-87)102-79)103-80-75(97)78(72(94)67(59-86)101-80)105-82(81(98)99)57-65(90)70(83-62(3)88)77(104-82)71(93)66(91)58-85/h26-27,29-30,63-68,70-80,85-87,89-91,93-97H,4-25,28,31-61H2,1-3H3,(H,83,88)(H,84,92)(H,98,99)/b27-26-,30-29-. The summed E-state index contributed by atoms with van der Waals surface area (Å²) >= 11 is 0. The number of nitrogens with one attached hydrogen (secondary N) is 2. The van der Waals surface area contributed by atoms with Crippen LogP contribution >= 0.6 is 0 Å². The third-order valence-corrected chi connectivity index (χ3v) is 21.4. The summed E-state index contributed by atoms with van der Waals surface area (Å²) in [4.78, 5) is 38.7. The van der Waals surface area contributed by atoms with Crippen molar-refractivity contribution in [3.8, 4) is 0 Å². The van der Waals surface area contributed by atoms with Crippen molar-refractivity contribution in [1.82, 2.24) is 10.6 Å². The first-order chi connectivity index (χ1) is 50.9. The molecule has 18 unspecified atom stereocenters. The van der Waals surface area contributed by atoms with Crippen LogP contribution in [0.4, 0.5) is 0 Å². The Bertz CT molecular complexity index is 2180. The number of rotatable bonds is 67. The van der Waals surface area contributed by atoms with Gasteiger partial charge in [0.25, 0.3) is 5.79 Å². The molecular weight excluding hydrogens is 1350 g/mol. The van der Waals surface area contributed by atoms with E-state index in [4.69, 9.17) is 28.4 Å². The molecule has 0 aromatic rings. The van der Waals surface area contributed by atoms with Gasteiger partial charge in [0, 0.05) is 19.8 Å². The van der Waals surface area contributed by atoms with Gasteiger partial charge in [-0.05, 0) is 44.9 Å². The molecule has 14 N–H and O–H groups in total. The molecular formula is C82H152N2O21. The van der Waals surface area contributed by atoms with Gasteiger partial charge in [-0.2, -0.15) is 0 Å². The first-order valence-electron chi connectivity index (χ1n) is 42.2. The van der Waals surface area contributed by atoms with Crippen LogP contribution in [-0.2, 0) is 42.8 Å². The average molecular weight is 1500 g/mol. The largest absolute Gasteiger partial charge is 0.477 e. The number of hydrogen-bond acceptors (Lipinski definition) is 20. The van der Waals surface area contributed by atoms with Crippen LogP contribution in [0.3, 0.4) is 0 Å². The summed E-state index contributed by atoms with van der Waals surface area (Å²) in [5.74, 6) is -6.09. The zero-order valence-electron chi connectivity index (χ0n) is 65.3. The SMILES string of the molecule is CCCCCCCCCCCCCCC/C=C\C/C=C\CCCCCCCCCCCCCCCCCCCC(=O)NC(COC1OC(CO)C(OC2OC(CO)C(O)C(OC3(C(=O)O)CC(O)C(NC(C)=O)C(C(O)C(O)CO)O3)C2O)C(O)C1O)C(O)CCCCCCCCCCCCCCCC. The highest BCUT2D eigenvalue weighted by molar-refractivity contribution is 5.77. The molecule has 3 saturated heterocycles. The van der Waals surface area contributed by atoms with Crippen molar-refractivity contribution < 1.29 is 104 Å². The molecule has 0 spiro atoms. The number of aliphatic carboxylic acids is 1. The van der Waals surface area contributed by atoms with Crippen LogP contribution in [-0.4, -0.2) is 215 Å². The second kappa shape index (κ2) is 60.9. The Hall–Kier alpha value is -2.79. The molecule has 23 heteroatoms. The average Bonchev–Trinajstić information content (AvgIpc) is 0.755. The Balaban J connectivity index is 1.41. The topological polar surface area (TPSA) is 373 Å². The van der Waals surface area contributed by atoms with Crippen molar-refractivity contribution in [2.75, 3.05) is 26.4 Å². The highest BCUT2D eigenvalue weighted by atomic mass is 16.8. The molecule has 23 nitrogen and oxygen atoms in total. The Morgan fingerprint density at radius 1 is 0.495 bits per heavy atom. The second-order valence-electron chi connectivity index (χ2n) is 30.7. The molecule has 3 rings (SSSR count). The molecule has 0 bridgehead atoms. The Morgan fingerprint density at radius 2 is 0.914 bits per heavy atom. The highest BCUT2D eigenvalue weighted by Gasteiger charge is 2.60. The van der Waals surface area contributed by atoms with Crippen LogP contribution in [0.5, 0.6) is 0 Å². The number of unbranched alkanes of at least 4 members (excludes halogenated alkanes) is 43. The minimum absolute atomic E-state index is 0.225. The number of allylic oxidation sites excluding steroid dienone is 4. The lowest BCUT2D eigenvalue weighted by molar-refractivity contribution is -0.386. The highest BCUT2D eigenvalue weighted by Crippen LogP contribution is 2.39. The number of carbonyl (C=O) groups excluding carboxylic acids is 2. The number of carbonyl (C=O) groups is 3. The zero-order valence-corrected chi connectivity index (χ0v) is 65.3. The second-order valence-corrected chi connectivity index (χ2v) is 30.7. The van der Waals surface area contributed by atoms with E-state index in [0.29, 0.717) is 19.3 Å². The first kappa shape index (κ1) is 96.4. The first-order valence-corrected chi connectivity index (χ1v) is 42.2. The van der Waals surface area contributed by atoms with Crippen molar-refractivity contribution in [2.24, 2.45) is 0 Å². The van der Waals surface area contributed by atoms with Gasteiger partial charge in [0.2, 0.25) is 11.8 Å². The number of aliphatic hydroxyl groups excluding tert-OH is 11. The van der Waals surface area contributed by atoms with Crippen LogP contribution < -0.4 is 10.6 Å². The van der Waals surface area contributed by atoms with E-state index in [2.05, 4.69) is 48.8 Å². The van der Waals surface area contributed by atoms with Gasteiger partial charge in [0.05, 0.1) is 50.7 Å². The van der Waals surface area contributed by atoms with Crippen molar-refractivity contribution in [1.29, 1.82) is 0 Å². The van der Waals surface area contributed by atoms with Gasteiger partial charge in [0.1, 0.15) is 67.1 Å². The van der Waals surface area contributed by atoms with Gasteiger partial charge in [-0.1, -0.05) is 301 Å². The molecule has 3 heterocycles. The molecule has 2 amide bonds. The van der Waals surface area contributed by atoms with Gasteiger partial charge in [-0.25, -0.2) is 4.79 Å². The summed E-state index contributed by atoms with van der Waals surface area (Å²) in [6.07, 6.45) is 39.2. The summed E-state index contributed by atoms with van der Waals surface area (Å²) in [7, 11) is 0. The normalized spacial score (nSPS) is 26.3. The summed E-state index contributed by atoms with van der Waals surface area (Å²) in [5, 5.41) is 136. The number of aliphatic hydroxyl groups is 11. The van der Waals surface area contributed by atoms with Crippen LogP contribution in [0, 0.1) is 0 Å². The zero-order chi connectivity index (χ0) is 76.7. The summed E-state index contributed by atoms with van der Waals surface area (Å²) in [5.41, 5.74) is 0. The van der Waals surface area contributed by atoms with Crippen molar-refractivity contribution in [3.05, 3.63) is 24.3 Å². The predicted octanol–water partition coefficient (Wildman–Crippen LogP) is 11.9. The number of carboxylic acid groups (broad SMARTS) is 1. The molecule has 3 aliphatic heterocycles.